The largest absolute Gasteiger partial charge is 0.508 e. The number of hydrogen-bond acceptors (Lipinski definition) is 6. The lowest BCUT2D eigenvalue weighted by Gasteiger charge is -2.47. The molecule has 2 heterocycles. The Hall–Kier alpha value is -2.54. The maximum atomic E-state index is 10.5. The van der Waals surface area contributed by atoms with Crippen molar-refractivity contribution >= 4 is 5.69 Å². The number of piperazine rings is 1. The number of benzene rings is 2. The normalized spacial score (nSPS) is 25.3. The van der Waals surface area contributed by atoms with E-state index in [1.807, 2.05) is 24.4 Å². The van der Waals surface area contributed by atoms with Gasteiger partial charge in [0.05, 0.1) is 11.2 Å². The van der Waals surface area contributed by atoms with Crippen LogP contribution in [0.3, 0.4) is 0 Å². The number of hydrogen-bond donors (Lipinski definition) is 5. The van der Waals surface area contributed by atoms with Crippen LogP contribution >= 0.6 is 0 Å². The highest BCUT2D eigenvalue weighted by Crippen LogP contribution is 2.44. The van der Waals surface area contributed by atoms with Crippen LogP contribution in [0.5, 0.6) is 11.5 Å². The van der Waals surface area contributed by atoms with Gasteiger partial charge in [-0.15, -0.1) is 0 Å². The highest BCUT2D eigenvalue weighted by Gasteiger charge is 2.40. The van der Waals surface area contributed by atoms with Crippen molar-refractivity contribution in [1.82, 2.24) is 15.5 Å². The van der Waals surface area contributed by atoms with Crippen molar-refractivity contribution in [2.45, 2.75) is 38.1 Å². The lowest BCUT2D eigenvalue weighted by Crippen LogP contribution is -2.55. The van der Waals surface area contributed by atoms with E-state index in [1.54, 1.807) is 6.07 Å². The van der Waals surface area contributed by atoms with Gasteiger partial charge in [-0.05, 0) is 86.1 Å². The molecule has 3 unspecified atom stereocenters. The maximum Gasteiger partial charge on any atom is 0.139 e. The zero-order valence-corrected chi connectivity index (χ0v) is 20.2. The van der Waals surface area contributed by atoms with Gasteiger partial charge in [-0.3, -0.25) is 4.90 Å². The van der Waals surface area contributed by atoms with Crippen LogP contribution < -0.4 is 16.0 Å². The molecule has 0 radical (unpaired) electrons. The number of nitrogens with one attached hydrogen (secondary N) is 3. The first-order valence-electron chi connectivity index (χ1n) is 12.8. The first-order valence-corrected chi connectivity index (χ1v) is 12.8. The van der Waals surface area contributed by atoms with Crippen molar-refractivity contribution in [3.8, 4) is 11.5 Å². The molecule has 0 spiro atoms. The topological polar surface area (TPSA) is 79.8 Å². The summed E-state index contributed by atoms with van der Waals surface area (Å²) in [7, 11) is 0. The molecule has 1 saturated heterocycles. The molecule has 34 heavy (non-hydrogen) atoms. The summed E-state index contributed by atoms with van der Waals surface area (Å²) >= 11 is 0. The highest BCUT2D eigenvalue weighted by atomic mass is 16.3. The minimum atomic E-state index is -0.223. The number of anilines is 1. The van der Waals surface area contributed by atoms with E-state index in [1.165, 1.54) is 5.56 Å². The van der Waals surface area contributed by atoms with E-state index in [0.29, 0.717) is 23.3 Å². The third kappa shape index (κ3) is 4.42. The molecule has 0 amide bonds. The molecule has 5 rings (SSSR count). The fourth-order valence-electron chi connectivity index (χ4n) is 6.20. The summed E-state index contributed by atoms with van der Waals surface area (Å²) in [6, 6.07) is 11.8. The number of aromatic hydroxyl groups is 2. The van der Waals surface area contributed by atoms with Crippen molar-refractivity contribution in [2.24, 2.45) is 11.8 Å². The number of phenols is 2. The van der Waals surface area contributed by atoms with Crippen LogP contribution in [0, 0.1) is 11.8 Å². The highest BCUT2D eigenvalue weighted by molar-refractivity contribution is 5.68. The standard InChI is InChI=1S/C28H38N4O2/c1-20(21-8-9-23-22(18-21)4-2-6-25(23)33)19-30-12-10-28(32-16-14-29-15-17-32)11-13-31-27-24(28)5-3-7-26(27)34/h2-7,11,13,20-21,29-31,33-34H,8-10,12,14-19H2,1H3. The van der Waals surface area contributed by atoms with Crippen molar-refractivity contribution < 1.29 is 10.2 Å². The Kier molecular flexibility index (Phi) is 6.82. The van der Waals surface area contributed by atoms with Crippen molar-refractivity contribution in [3.05, 3.63) is 65.4 Å². The summed E-state index contributed by atoms with van der Waals surface area (Å²) < 4.78 is 0. The molecule has 2 aromatic rings. The first-order chi connectivity index (χ1) is 16.6. The minimum absolute atomic E-state index is 0.223. The van der Waals surface area contributed by atoms with Crippen molar-refractivity contribution in [1.29, 1.82) is 0 Å². The Balaban J connectivity index is 1.24. The molecule has 2 aliphatic heterocycles. The molecule has 5 N–H and O–H groups in total. The summed E-state index contributed by atoms with van der Waals surface area (Å²) in [6.45, 7) is 8.22. The molecule has 6 nitrogen and oxygen atoms in total. The third-order valence-corrected chi connectivity index (χ3v) is 8.23. The number of nitrogens with zero attached hydrogens (tertiary/aromatic N) is 1. The SMILES string of the molecule is CC(CNCCC1(N2CCNCC2)C=CNc2c(O)cccc21)C1CCc2c(O)cccc2C1. The lowest BCUT2D eigenvalue weighted by atomic mass is 9.77. The second kappa shape index (κ2) is 9.98. The molecular weight excluding hydrogens is 424 g/mol. The Morgan fingerprint density at radius 2 is 1.91 bits per heavy atom. The smallest absolute Gasteiger partial charge is 0.139 e. The summed E-state index contributed by atoms with van der Waals surface area (Å²) in [5.41, 5.74) is 4.24. The van der Waals surface area contributed by atoms with Gasteiger partial charge in [0.25, 0.3) is 0 Å². The van der Waals surface area contributed by atoms with Gasteiger partial charge < -0.3 is 26.2 Å². The summed E-state index contributed by atoms with van der Waals surface area (Å²) in [5.74, 6) is 1.98. The molecule has 0 aromatic heterocycles. The van der Waals surface area contributed by atoms with Crippen LogP contribution in [0.4, 0.5) is 5.69 Å². The monoisotopic (exact) mass is 462 g/mol. The summed E-state index contributed by atoms with van der Waals surface area (Å²) in [6.07, 6.45) is 8.41. The van der Waals surface area contributed by atoms with Gasteiger partial charge in [0, 0.05) is 31.7 Å². The Labute approximate surface area is 203 Å². The predicted molar refractivity (Wildman–Crippen MR) is 137 cm³/mol. The molecule has 6 heteroatoms. The van der Waals surface area contributed by atoms with Gasteiger partial charge in [-0.2, -0.15) is 0 Å². The quantitative estimate of drug-likeness (QED) is 0.320. The van der Waals surface area contributed by atoms with E-state index in [2.05, 4.69) is 46.0 Å². The van der Waals surface area contributed by atoms with Crippen molar-refractivity contribution in [3.63, 3.8) is 0 Å². The van der Waals surface area contributed by atoms with Crippen LogP contribution in [-0.2, 0) is 18.4 Å². The number of para-hydroxylation sites is 1. The molecule has 0 bridgehead atoms. The predicted octanol–water partition coefficient (Wildman–Crippen LogP) is 3.56. The zero-order chi connectivity index (χ0) is 23.5. The van der Waals surface area contributed by atoms with Gasteiger partial charge in [0.1, 0.15) is 11.5 Å². The number of phenolic OH excluding ortho intramolecular Hbond substituents is 2. The molecule has 0 saturated carbocycles. The van der Waals surface area contributed by atoms with Crippen LogP contribution in [0.15, 0.2) is 48.7 Å². The van der Waals surface area contributed by atoms with Crippen LogP contribution in [-0.4, -0.2) is 54.4 Å². The van der Waals surface area contributed by atoms with Crippen molar-refractivity contribution in [2.75, 3.05) is 44.6 Å². The average Bonchev–Trinajstić information content (AvgIpc) is 2.87. The fraction of sp³-hybridized carbons (Fsp3) is 0.500. The molecule has 3 aliphatic rings. The molecule has 2 aromatic carbocycles. The third-order valence-electron chi connectivity index (χ3n) is 8.23. The van der Waals surface area contributed by atoms with E-state index in [4.69, 9.17) is 0 Å². The van der Waals surface area contributed by atoms with Gasteiger partial charge in [-0.1, -0.05) is 31.2 Å². The fourth-order valence-corrected chi connectivity index (χ4v) is 6.20. The van der Waals surface area contributed by atoms with E-state index < -0.39 is 0 Å². The Bertz CT molecular complexity index is 1030. The minimum Gasteiger partial charge on any atom is -0.508 e. The second-order valence-corrected chi connectivity index (χ2v) is 10.2. The van der Waals surface area contributed by atoms with E-state index in [0.717, 1.165) is 81.8 Å². The maximum absolute atomic E-state index is 10.5. The van der Waals surface area contributed by atoms with Gasteiger partial charge in [-0.25, -0.2) is 0 Å². The van der Waals surface area contributed by atoms with E-state index >= 15 is 0 Å². The molecular formula is C28H38N4O2. The first kappa shape index (κ1) is 23.2. The molecule has 1 aliphatic carbocycles. The number of rotatable bonds is 7. The molecule has 3 atom stereocenters. The second-order valence-electron chi connectivity index (χ2n) is 10.2. The van der Waals surface area contributed by atoms with Crippen LogP contribution in [0.1, 0.15) is 36.5 Å². The van der Waals surface area contributed by atoms with Gasteiger partial charge >= 0.3 is 0 Å². The number of fused-ring (bicyclic) bond motifs is 2. The van der Waals surface area contributed by atoms with E-state index in [-0.39, 0.29) is 5.54 Å². The summed E-state index contributed by atoms with van der Waals surface area (Å²) in [4.78, 5) is 2.56. The van der Waals surface area contributed by atoms with Gasteiger partial charge in [0.2, 0.25) is 0 Å². The lowest BCUT2D eigenvalue weighted by molar-refractivity contribution is 0.102. The Morgan fingerprint density at radius 1 is 1.12 bits per heavy atom. The zero-order valence-electron chi connectivity index (χ0n) is 20.2. The van der Waals surface area contributed by atoms with Crippen LogP contribution in [0.2, 0.25) is 0 Å². The van der Waals surface area contributed by atoms with E-state index in [9.17, 15) is 10.2 Å². The molecule has 1 fully saturated rings. The Morgan fingerprint density at radius 3 is 2.76 bits per heavy atom. The average molecular weight is 463 g/mol. The molecule has 182 valence electrons. The summed E-state index contributed by atoms with van der Waals surface area (Å²) in [5, 5.41) is 31.2. The van der Waals surface area contributed by atoms with Gasteiger partial charge in [0.15, 0.2) is 0 Å². The van der Waals surface area contributed by atoms with Crippen LogP contribution in [0.25, 0.3) is 0 Å².